The van der Waals surface area contributed by atoms with Gasteiger partial charge in [-0.05, 0) is 12.1 Å². The first-order valence-electron chi connectivity index (χ1n) is 2.68. The Labute approximate surface area is 78.9 Å². The molecule has 1 aromatic carbocycles. The van der Waals surface area contributed by atoms with Crippen molar-refractivity contribution in [3.63, 3.8) is 0 Å². The maximum absolute atomic E-state index is 10.1. The van der Waals surface area contributed by atoms with Crippen molar-refractivity contribution in [1.82, 2.24) is 0 Å². The molecule has 0 spiro atoms. The van der Waals surface area contributed by atoms with Crippen molar-refractivity contribution in [2.45, 2.75) is 0 Å². The molecule has 0 aliphatic carbocycles. The van der Waals surface area contributed by atoms with E-state index in [1.165, 1.54) is 12.1 Å². The number of carbonyl (C=O) groups excluding carboxylic acids is 1. The molecule has 0 heterocycles. The van der Waals surface area contributed by atoms with E-state index in [0.29, 0.717) is 5.56 Å². The fraction of sp³-hybridized carbons (Fsp3) is 0. The highest BCUT2D eigenvalue weighted by molar-refractivity contribution is 6.48. The number of hydrogen-bond acceptors (Lipinski definition) is 1. The third-order valence-electron chi connectivity index (χ3n) is 1.10. The molecule has 0 aliphatic heterocycles. The van der Waals surface area contributed by atoms with E-state index >= 15 is 0 Å². The Morgan fingerprint density at radius 2 is 1.55 bits per heavy atom. The second-order valence-corrected chi connectivity index (χ2v) is 3.05. The molecule has 0 unspecified atom stereocenters. The number of halogens is 3. The van der Waals surface area contributed by atoms with E-state index in [0.717, 1.165) is 0 Å². The van der Waals surface area contributed by atoms with Gasteiger partial charge >= 0.3 is 0 Å². The monoisotopic (exact) mass is 207 g/mol. The zero-order valence-corrected chi connectivity index (χ0v) is 7.46. The molecular weight excluding hydrogens is 206 g/mol. The van der Waals surface area contributed by atoms with Crippen LogP contribution in [0.5, 0.6) is 0 Å². The van der Waals surface area contributed by atoms with Gasteiger partial charge in [0, 0.05) is 5.56 Å². The molecular formula is C7H2Cl3O. The second kappa shape index (κ2) is 3.44. The molecule has 4 heteroatoms. The summed E-state index contributed by atoms with van der Waals surface area (Å²) in [4.78, 5) is 10.1. The Hall–Kier alpha value is -0.240. The molecule has 0 amide bonds. The van der Waals surface area contributed by atoms with E-state index in [4.69, 9.17) is 34.8 Å². The zero-order chi connectivity index (χ0) is 8.43. The Bertz CT molecular complexity index is 273. The lowest BCUT2D eigenvalue weighted by atomic mass is 10.2. The molecule has 1 nitrogen and oxygen atoms in total. The Balaban J connectivity index is 3.31. The summed E-state index contributed by atoms with van der Waals surface area (Å²) in [7, 11) is 0. The quantitative estimate of drug-likeness (QED) is 0.648. The Kier molecular flexibility index (Phi) is 2.77. The highest BCUT2D eigenvalue weighted by Gasteiger charge is 2.04. The lowest BCUT2D eigenvalue weighted by Crippen LogP contribution is -1.81. The molecule has 11 heavy (non-hydrogen) atoms. The van der Waals surface area contributed by atoms with Gasteiger partial charge in [-0.25, -0.2) is 0 Å². The highest BCUT2D eigenvalue weighted by atomic mass is 35.5. The minimum atomic E-state index is 0.257. The molecule has 0 atom stereocenters. The topological polar surface area (TPSA) is 17.1 Å². The maximum Gasteiger partial charge on any atom is 0.233 e. The van der Waals surface area contributed by atoms with Crippen LogP contribution in [0, 0.1) is 0 Å². The van der Waals surface area contributed by atoms with Crippen LogP contribution < -0.4 is 0 Å². The predicted molar refractivity (Wildman–Crippen MR) is 46.3 cm³/mol. The van der Waals surface area contributed by atoms with Crippen molar-refractivity contribution in [2.75, 3.05) is 0 Å². The first-order chi connectivity index (χ1) is 5.15. The summed E-state index contributed by atoms with van der Waals surface area (Å²) in [6.45, 7) is 0. The fourth-order valence-corrected chi connectivity index (χ4v) is 1.21. The van der Waals surface area contributed by atoms with Crippen LogP contribution in [0.4, 0.5) is 0 Å². The molecule has 0 saturated heterocycles. The van der Waals surface area contributed by atoms with E-state index in [1.807, 2.05) is 0 Å². The third-order valence-corrected chi connectivity index (χ3v) is 2.30. The van der Waals surface area contributed by atoms with E-state index in [2.05, 4.69) is 0 Å². The third kappa shape index (κ3) is 1.86. The van der Waals surface area contributed by atoms with Crippen LogP contribution in [0.25, 0.3) is 0 Å². The second-order valence-electron chi connectivity index (χ2n) is 1.86. The van der Waals surface area contributed by atoms with Gasteiger partial charge in [-0.2, -0.15) is 0 Å². The van der Waals surface area contributed by atoms with E-state index in [1.54, 1.807) is 6.29 Å². The fourth-order valence-electron chi connectivity index (χ4n) is 0.614. The van der Waals surface area contributed by atoms with Gasteiger partial charge in [-0.1, -0.05) is 34.8 Å². The van der Waals surface area contributed by atoms with Crippen LogP contribution in [-0.4, -0.2) is 6.29 Å². The SMILES string of the molecule is O=[C]c1cc(Cl)c(Cl)c(Cl)c1. The van der Waals surface area contributed by atoms with Crippen LogP contribution in [-0.2, 0) is 4.79 Å². The van der Waals surface area contributed by atoms with Crippen LogP contribution >= 0.6 is 34.8 Å². The van der Waals surface area contributed by atoms with Gasteiger partial charge in [0.1, 0.15) is 0 Å². The van der Waals surface area contributed by atoms with E-state index in [9.17, 15) is 4.79 Å². The molecule has 0 fully saturated rings. The molecule has 1 aromatic rings. The number of hydrogen-bond donors (Lipinski definition) is 0. The lowest BCUT2D eigenvalue weighted by molar-refractivity contribution is 0.563. The number of benzene rings is 1. The average molecular weight is 208 g/mol. The summed E-state index contributed by atoms with van der Waals surface area (Å²) in [5.41, 5.74) is 0.296. The van der Waals surface area contributed by atoms with Gasteiger partial charge in [0.05, 0.1) is 15.1 Å². The first kappa shape index (κ1) is 8.85. The summed E-state index contributed by atoms with van der Waals surface area (Å²) >= 11 is 16.8. The van der Waals surface area contributed by atoms with E-state index in [-0.39, 0.29) is 15.1 Å². The summed E-state index contributed by atoms with van der Waals surface area (Å²) < 4.78 is 0. The Morgan fingerprint density at radius 3 is 1.91 bits per heavy atom. The number of rotatable bonds is 1. The predicted octanol–water partition coefficient (Wildman–Crippen LogP) is 3.10. The van der Waals surface area contributed by atoms with Gasteiger partial charge in [0.25, 0.3) is 0 Å². The van der Waals surface area contributed by atoms with Gasteiger partial charge < -0.3 is 0 Å². The highest BCUT2D eigenvalue weighted by Crippen LogP contribution is 2.30. The van der Waals surface area contributed by atoms with E-state index < -0.39 is 0 Å². The molecule has 0 aliphatic rings. The van der Waals surface area contributed by atoms with Crippen molar-refractivity contribution in [2.24, 2.45) is 0 Å². The van der Waals surface area contributed by atoms with Crippen molar-refractivity contribution < 1.29 is 4.79 Å². The van der Waals surface area contributed by atoms with Crippen LogP contribution in [0.2, 0.25) is 15.1 Å². The normalized spacial score (nSPS) is 9.73. The lowest BCUT2D eigenvalue weighted by Gasteiger charge is -1.98. The maximum atomic E-state index is 10.1. The summed E-state index contributed by atoms with van der Waals surface area (Å²) in [6.07, 6.45) is 1.66. The van der Waals surface area contributed by atoms with Crippen LogP contribution in [0.3, 0.4) is 0 Å². The molecule has 0 saturated carbocycles. The van der Waals surface area contributed by atoms with Crippen LogP contribution in [0.15, 0.2) is 12.1 Å². The van der Waals surface area contributed by atoms with Crippen molar-refractivity contribution >= 4 is 41.1 Å². The molecule has 1 radical (unpaired) electrons. The molecule has 0 N–H and O–H groups in total. The van der Waals surface area contributed by atoms with Crippen molar-refractivity contribution in [3.8, 4) is 0 Å². The minimum Gasteiger partial charge on any atom is -0.285 e. The Morgan fingerprint density at radius 1 is 1.09 bits per heavy atom. The van der Waals surface area contributed by atoms with Crippen molar-refractivity contribution in [1.29, 1.82) is 0 Å². The summed E-state index contributed by atoms with van der Waals surface area (Å²) in [5.74, 6) is 0. The van der Waals surface area contributed by atoms with Gasteiger partial charge in [0.15, 0.2) is 0 Å². The summed E-state index contributed by atoms with van der Waals surface area (Å²) in [5, 5.41) is 0.780. The average Bonchev–Trinajstić information content (AvgIpc) is 1.99. The molecule has 0 aromatic heterocycles. The largest absolute Gasteiger partial charge is 0.285 e. The standard InChI is InChI=1S/C7H2Cl3O/c8-5-1-4(3-11)2-6(9)7(5)10/h1-2H. The van der Waals surface area contributed by atoms with Gasteiger partial charge in [-0.3, -0.25) is 4.79 Å². The van der Waals surface area contributed by atoms with Crippen LogP contribution in [0.1, 0.15) is 5.56 Å². The first-order valence-corrected chi connectivity index (χ1v) is 3.81. The summed E-state index contributed by atoms with van der Waals surface area (Å²) in [6, 6.07) is 2.81. The van der Waals surface area contributed by atoms with Gasteiger partial charge in [0.2, 0.25) is 6.29 Å². The molecule has 0 bridgehead atoms. The van der Waals surface area contributed by atoms with Gasteiger partial charge in [-0.15, -0.1) is 0 Å². The molecule has 1 rings (SSSR count). The zero-order valence-electron chi connectivity index (χ0n) is 5.20. The molecule has 57 valence electrons. The smallest absolute Gasteiger partial charge is 0.233 e. The minimum absolute atomic E-state index is 0.257. The van der Waals surface area contributed by atoms with Crippen molar-refractivity contribution in [3.05, 3.63) is 32.8 Å².